The van der Waals surface area contributed by atoms with E-state index in [1.807, 2.05) is 14.1 Å². The minimum atomic E-state index is -0.631. The highest BCUT2D eigenvalue weighted by atomic mass is 32.1. The third kappa shape index (κ3) is 7.57. The normalized spacial score (nSPS) is 10.2. The molecule has 0 aliphatic carbocycles. The van der Waals surface area contributed by atoms with Gasteiger partial charge in [0.05, 0.1) is 10.4 Å². The van der Waals surface area contributed by atoms with Gasteiger partial charge in [-0.1, -0.05) is 0 Å². The summed E-state index contributed by atoms with van der Waals surface area (Å²) in [6, 6.07) is 1.41. The Morgan fingerprint density at radius 2 is 1.81 bits per heavy atom. The van der Waals surface area contributed by atoms with Gasteiger partial charge < -0.3 is 15.4 Å². The number of nitrogens with one attached hydrogen (secondary N) is 2. The molecule has 7 heteroatoms. The van der Waals surface area contributed by atoms with E-state index in [4.69, 9.17) is 4.74 Å². The summed E-state index contributed by atoms with van der Waals surface area (Å²) in [5.41, 5.74) is -0.430. The number of amides is 1. The van der Waals surface area contributed by atoms with E-state index >= 15 is 0 Å². The molecule has 1 heterocycles. The lowest BCUT2D eigenvalue weighted by Gasteiger charge is -2.19. The fraction of sp³-hybridized carbons (Fsp3) is 0.500. The molecule has 1 amide bonds. The van der Waals surface area contributed by atoms with Crippen LogP contribution in [0.2, 0.25) is 0 Å². The molecule has 0 atom stereocenters. The van der Waals surface area contributed by atoms with Gasteiger partial charge in [0.25, 0.3) is 0 Å². The molecule has 0 fully saturated rings. The number of anilines is 1. The number of hydrogen-bond acceptors (Lipinski definition) is 6. The average molecular weight is 314 g/mol. The summed E-state index contributed by atoms with van der Waals surface area (Å²) in [5.74, 6) is -0.866. The first kappa shape index (κ1) is 19.3. The third-order valence-corrected chi connectivity index (χ3v) is 2.75. The number of carbonyl (C=O) groups is 3. The van der Waals surface area contributed by atoms with Crippen LogP contribution in [-0.2, 0) is 9.53 Å². The van der Waals surface area contributed by atoms with Crippen LogP contribution in [-0.4, -0.2) is 37.9 Å². The van der Waals surface area contributed by atoms with Gasteiger partial charge in [0.2, 0.25) is 5.91 Å². The van der Waals surface area contributed by atoms with E-state index in [1.165, 1.54) is 13.0 Å². The molecule has 0 bridgehead atoms. The van der Waals surface area contributed by atoms with Crippen LogP contribution in [0.4, 0.5) is 5.00 Å². The van der Waals surface area contributed by atoms with Crippen LogP contribution in [0, 0.1) is 0 Å². The highest BCUT2D eigenvalue weighted by Crippen LogP contribution is 2.29. The summed E-state index contributed by atoms with van der Waals surface area (Å²) in [5, 5.41) is 5.60. The van der Waals surface area contributed by atoms with E-state index in [2.05, 4.69) is 10.6 Å². The molecule has 0 unspecified atom stereocenters. The lowest BCUT2D eigenvalue weighted by atomic mass is 10.2. The lowest BCUT2D eigenvalue weighted by Crippen LogP contribution is -2.24. The highest BCUT2D eigenvalue weighted by molar-refractivity contribution is 7.18. The monoisotopic (exact) mass is 314 g/mol. The average Bonchev–Trinajstić information content (AvgIpc) is 2.70. The number of esters is 1. The largest absolute Gasteiger partial charge is 0.456 e. The number of rotatable bonds is 3. The molecule has 0 aliphatic rings. The van der Waals surface area contributed by atoms with Crippen LogP contribution in [0.25, 0.3) is 0 Å². The fourth-order valence-corrected chi connectivity index (χ4v) is 2.11. The van der Waals surface area contributed by atoms with E-state index < -0.39 is 11.6 Å². The van der Waals surface area contributed by atoms with Crippen molar-refractivity contribution in [1.29, 1.82) is 0 Å². The second kappa shape index (κ2) is 8.53. The maximum Gasteiger partial charge on any atom is 0.341 e. The molecule has 0 saturated heterocycles. The van der Waals surface area contributed by atoms with Crippen molar-refractivity contribution in [3.63, 3.8) is 0 Å². The van der Waals surface area contributed by atoms with E-state index in [0.29, 0.717) is 16.2 Å². The molecular weight excluding hydrogens is 292 g/mol. The Balaban J connectivity index is 0.00000122. The number of hydrogen-bond donors (Lipinski definition) is 2. The zero-order chi connectivity index (χ0) is 16.6. The molecule has 1 aromatic heterocycles. The summed E-state index contributed by atoms with van der Waals surface area (Å²) < 4.78 is 5.20. The van der Waals surface area contributed by atoms with Gasteiger partial charge >= 0.3 is 5.97 Å². The summed E-state index contributed by atoms with van der Waals surface area (Å²) in [6.07, 6.45) is 0.629. The summed E-state index contributed by atoms with van der Waals surface area (Å²) in [4.78, 5) is 34.0. The Kier molecular flexibility index (Phi) is 7.83. The SMILES string of the molecule is CC(=O)Nc1sc(C=O)cc1C(=O)OC(C)(C)C.CNC. The first-order chi connectivity index (χ1) is 9.64. The van der Waals surface area contributed by atoms with Gasteiger partial charge in [-0.2, -0.15) is 0 Å². The maximum atomic E-state index is 11.9. The van der Waals surface area contributed by atoms with Crippen LogP contribution in [0.1, 0.15) is 47.7 Å². The second-order valence-corrected chi connectivity index (χ2v) is 6.28. The van der Waals surface area contributed by atoms with Crippen molar-refractivity contribution >= 4 is 34.5 Å². The Bertz CT molecular complexity index is 504. The van der Waals surface area contributed by atoms with Gasteiger partial charge in [0.15, 0.2) is 6.29 Å². The van der Waals surface area contributed by atoms with Gasteiger partial charge in [-0.25, -0.2) is 4.79 Å². The molecule has 0 radical (unpaired) electrons. The minimum absolute atomic E-state index is 0.201. The molecule has 0 saturated carbocycles. The summed E-state index contributed by atoms with van der Waals surface area (Å²) in [6.45, 7) is 6.57. The molecule has 118 valence electrons. The standard InChI is InChI=1S/C12H15NO4S.C2H7N/c1-7(15)13-10-9(5-8(6-14)18-10)11(16)17-12(2,3)4;1-3-2/h5-6H,1-4H3,(H,13,15);3H,1-2H3. The smallest absolute Gasteiger partial charge is 0.341 e. The van der Waals surface area contributed by atoms with Gasteiger partial charge in [0.1, 0.15) is 10.6 Å². The zero-order valence-corrected chi connectivity index (χ0v) is 14.0. The molecule has 2 N–H and O–H groups in total. The summed E-state index contributed by atoms with van der Waals surface area (Å²) >= 11 is 1.04. The molecule has 0 spiro atoms. The molecule has 0 aliphatic heterocycles. The fourth-order valence-electron chi connectivity index (χ4n) is 1.21. The van der Waals surface area contributed by atoms with Gasteiger partial charge in [-0.05, 0) is 40.9 Å². The number of carbonyl (C=O) groups excluding carboxylic acids is 3. The molecular formula is C14H22N2O4S. The van der Waals surface area contributed by atoms with Crippen molar-refractivity contribution in [2.45, 2.75) is 33.3 Å². The van der Waals surface area contributed by atoms with Gasteiger partial charge in [0, 0.05) is 6.92 Å². The molecule has 1 aromatic rings. The highest BCUT2D eigenvalue weighted by Gasteiger charge is 2.23. The first-order valence-electron chi connectivity index (χ1n) is 6.33. The lowest BCUT2D eigenvalue weighted by molar-refractivity contribution is -0.114. The van der Waals surface area contributed by atoms with E-state index in [9.17, 15) is 14.4 Å². The van der Waals surface area contributed by atoms with Crippen LogP contribution < -0.4 is 10.6 Å². The van der Waals surface area contributed by atoms with Crippen molar-refractivity contribution in [2.75, 3.05) is 19.4 Å². The molecule has 0 aromatic carbocycles. The van der Waals surface area contributed by atoms with Crippen molar-refractivity contribution < 1.29 is 19.1 Å². The topological polar surface area (TPSA) is 84.5 Å². The van der Waals surface area contributed by atoms with Crippen LogP contribution in [0.3, 0.4) is 0 Å². The van der Waals surface area contributed by atoms with Crippen molar-refractivity contribution in [3.05, 3.63) is 16.5 Å². The second-order valence-electron chi connectivity index (χ2n) is 5.19. The molecule has 21 heavy (non-hydrogen) atoms. The Morgan fingerprint density at radius 1 is 1.29 bits per heavy atom. The van der Waals surface area contributed by atoms with E-state index in [-0.39, 0.29) is 11.5 Å². The van der Waals surface area contributed by atoms with Crippen molar-refractivity contribution in [2.24, 2.45) is 0 Å². The summed E-state index contributed by atoms with van der Waals surface area (Å²) in [7, 11) is 3.75. The Labute approximate surface area is 128 Å². The van der Waals surface area contributed by atoms with Crippen LogP contribution in [0.5, 0.6) is 0 Å². The first-order valence-corrected chi connectivity index (χ1v) is 7.14. The van der Waals surface area contributed by atoms with Crippen LogP contribution >= 0.6 is 11.3 Å². The molecule has 1 rings (SSSR count). The number of aldehydes is 1. The third-order valence-electron chi connectivity index (χ3n) is 1.78. The number of thiophene rings is 1. The molecule has 6 nitrogen and oxygen atoms in total. The number of ether oxygens (including phenoxy) is 1. The predicted molar refractivity (Wildman–Crippen MR) is 84.2 cm³/mol. The quantitative estimate of drug-likeness (QED) is 0.660. The Morgan fingerprint density at radius 3 is 2.19 bits per heavy atom. The van der Waals surface area contributed by atoms with E-state index in [1.54, 1.807) is 20.8 Å². The van der Waals surface area contributed by atoms with Crippen molar-refractivity contribution in [1.82, 2.24) is 5.32 Å². The predicted octanol–water partition coefficient (Wildman–Crippen LogP) is 2.31. The van der Waals surface area contributed by atoms with Crippen LogP contribution in [0.15, 0.2) is 6.07 Å². The van der Waals surface area contributed by atoms with Crippen molar-refractivity contribution in [3.8, 4) is 0 Å². The minimum Gasteiger partial charge on any atom is -0.456 e. The van der Waals surface area contributed by atoms with Gasteiger partial charge in [-0.15, -0.1) is 11.3 Å². The maximum absolute atomic E-state index is 11.9. The Hall–Kier alpha value is -1.73. The zero-order valence-electron chi connectivity index (χ0n) is 13.2. The van der Waals surface area contributed by atoms with Gasteiger partial charge in [-0.3, -0.25) is 9.59 Å². The van der Waals surface area contributed by atoms with E-state index in [0.717, 1.165) is 11.3 Å².